The Morgan fingerprint density at radius 2 is 1.68 bits per heavy atom. The highest BCUT2D eigenvalue weighted by Gasteiger charge is 2.27. The molecule has 2 aromatic carbocycles. The first-order chi connectivity index (χ1) is 16.5. The average Bonchev–Trinajstić information content (AvgIpc) is 3.52. The molecular weight excluding hydrogens is 448 g/mol. The summed E-state index contributed by atoms with van der Waals surface area (Å²) in [6.07, 6.45) is 5.59. The molecular formula is C26H32N4O3S. The molecule has 1 amide bonds. The summed E-state index contributed by atoms with van der Waals surface area (Å²) < 4.78 is 29.2. The summed E-state index contributed by atoms with van der Waals surface area (Å²) in [6, 6.07) is 17.8. The predicted octanol–water partition coefficient (Wildman–Crippen LogP) is 3.21. The summed E-state index contributed by atoms with van der Waals surface area (Å²) in [5.74, 6) is -0.00669. The maximum atomic E-state index is 12.9. The summed E-state index contributed by atoms with van der Waals surface area (Å²) in [6.45, 7) is 4.30. The summed E-state index contributed by atoms with van der Waals surface area (Å²) in [4.78, 5) is 15.5. The van der Waals surface area contributed by atoms with Gasteiger partial charge in [-0.05, 0) is 55.5 Å². The average molecular weight is 481 g/mol. The molecule has 5 rings (SSSR count). The SMILES string of the molecule is O=C(Cn1ccc2cc(S(=O)(=O)N3CCCC3)ccc21)NC1CCN(Cc2ccccc2)CC1. The molecule has 180 valence electrons. The van der Waals surface area contributed by atoms with E-state index >= 15 is 0 Å². The number of carbonyl (C=O) groups is 1. The van der Waals surface area contributed by atoms with E-state index in [0.29, 0.717) is 18.0 Å². The van der Waals surface area contributed by atoms with Crippen molar-refractivity contribution < 1.29 is 13.2 Å². The van der Waals surface area contributed by atoms with Crippen LogP contribution in [0.25, 0.3) is 10.9 Å². The molecule has 0 bridgehead atoms. The number of rotatable bonds is 7. The molecule has 0 radical (unpaired) electrons. The summed E-state index contributed by atoms with van der Waals surface area (Å²) in [5.41, 5.74) is 2.19. The van der Waals surface area contributed by atoms with Gasteiger partial charge in [-0.2, -0.15) is 4.31 Å². The van der Waals surface area contributed by atoms with Crippen LogP contribution in [0.1, 0.15) is 31.2 Å². The lowest BCUT2D eigenvalue weighted by Gasteiger charge is -2.32. The number of piperidine rings is 1. The van der Waals surface area contributed by atoms with Crippen LogP contribution < -0.4 is 5.32 Å². The van der Waals surface area contributed by atoms with Crippen molar-refractivity contribution in [2.75, 3.05) is 26.2 Å². The Bertz CT molecular complexity index is 1240. The van der Waals surface area contributed by atoms with Gasteiger partial charge >= 0.3 is 0 Å². The highest BCUT2D eigenvalue weighted by Crippen LogP contribution is 2.25. The molecule has 7 nitrogen and oxygen atoms in total. The maximum Gasteiger partial charge on any atom is 0.243 e. The topological polar surface area (TPSA) is 74.6 Å². The van der Waals surface area contributed by atoms with Crippen LogP contribution in [0.5, 0.6) is 0 Å². The normalized spacial score (nSPS) is 18.5. The number of aromatic nitrogens is 1. The Labute approximate surface area is 201 Å². The van der Waals surface area contributed by atoms with E-state index in [0.717, 1.165) is 56.2 Å². The molecule has 2 fully saturated rings. The third-order valence-electron chi connectivity index (χ3n) is 6.96. The van der Waals surface area contributed by atoms with E-state index in [4.69, 9.17) is 0 Å². The van der Waals surface area contributed by atoms with Crippen molar-refractivity contribution in [3.05, 3.63) is 66.4 Å². The fourth-order valence-corrected chi connectivity index (χ4v) is 6.61. The van der Waals surface area contributed by atoms with Gasteiger partial charge in [-0.3, -0.25) is 9.69 Å². The zero-order valence-corrected chi connectivity index (χ0v) is 20.2. The molecule has 1 aromatic heterocycles. The fourth-order valence-electron chi connectivity index (χ4n) is 5.06. The molecule has 0 unspecified atom stereocenters. The van der Waals surface area contributed by atoms with E-state index in [2.05, 4.69) is 34.5 Å². The third-order valence-corrected chi connectivity index (χ3v) is 8.86. The summed E-state index contributed by atoms with van der Waals surface area (Å²) >= 11 is 0. The zero-order chi connectivity index (χ0) is 23.5. The molecule has 2 aliphatic heterocycles. The molecule has 3 aromatic rings. The number of hydrogen-bond acceptors (Lipinski definition) is 4. The maximum absolute atomic E-state index is 12.9. The van der Waals surface area contributed by atoms with Crippen molar-refractivity contribution in [2.24, 2.45) is 0 Å². The van der Waals surface area contributed by atoms with Gasteiger partial charge in [0.15, 0.2) is 0 Å². The van der Waals surface area contributed by atoms with Crippen molar-refractivity contribution in [3.63, 3.8) is 0 Å². The van der Waals surface area contributed by atoms with Gasteiger partial charge in [0.1, 0.15) is 6.54 Å². The first kappa shape index (κ1) is 23.1. The lowest BCUT2D eigenvalue weighted by Crippen LogP contribution is -2.45. The Kier molecular flexibility index (Phi) is 6.72. The van der Waals surface area contributed by atoms with Crippen LogP contribution in [-0.2, 0) is 27.9 Å². The zero-order valence-electron chi connectivity index (χ0n) is 19.4. The minimum absolute atomic E-state index is 0.00669. The van der Waals surface area contributed by atoms with Crippen LogP contribution in [-0.4, -0.2) is 60.3 Å². The standard InChI is InChI=1S/C26H32N4O3S/c31-26(27-23-11-15-28(16-12-23)19-21-6-2-1-3-7-21)20-29-17-10-22-18-24(8-9-25(22)29)34(32,33)30-13-4-5-14-30/h1-3,6-10,17-18,23H,4-5,11-16,19-20H2,(H,27,31). The molecule has 2 saturated heterocycles. The Hall–Kier alpha value is -2.68. The molecule has 0 saturated carbocycles. The van der Waals surface area contributed by atoms with Crippen LogP contribution in [0.2, 0.25) is 0 Å². The van der Waals surface area contributed by atoms with Crippen LogP contribution in [0.4, 0.5) is 0 Å². The van der Waals surface area contributed by atoms with Gasteiger partial charge in [-0.1, -0.05) is 30.3 Å². The Morgan fingerprint density at radius 3 is 2.41 bits per heavy atom. The van der Waals surface area contributed by atoms with Crippen molar-refractivity contribution >= 4 is 26.8 Å². The lowest BCUT2D eigenvalue weighted by molar-refractivity contribution is -0.122. The quantitative estimate of drug-likeness (QED) is 0.564. The molecule has 1 N–H and O–H groups in total. The highest BCUT2D eigenvalue weighted by atomic mass is 32.2. The highest BCUT2D eigenvalue weighted by molar-refractivity contribution is 7.89. The summed E-state index contributed by atoms with van der Waals surface area (Å²) in [7, 11) is -3.45. The van der Waals surface area contributed by atoms with E-state index in [9.17, 15) is 13.2 Å². The fraction of sp³-hybridized carbons (Fsp3) is 0.423. The Morgan fingerprint density at radius 1 is 0.941 bits per heavy atom. The molecule has 2 aliphatic rings. The van der Waals surface area contributed by atoms with Gasteiger partial charge < -0.3 is 9.88 Å². The first-order valence-electron chi connectivity index (χ1n) is 12.1. The number of nitrogens with one attached hydrogen (secondary N) is 1. The van der Waals surface area contributed by atoms with Gasteiger partial charge in [0, 0.05) is 55.9 Å². The van der Waals surface area contributed by atoms with E-state index < -0.39 is 10.0 Å². The predicted molar refractivity (Wildman–Crippen MR) is 133 cm³/mol. The van der Waals surface area contributed by atoms with Crippen molar-refractivity contribution in [3.8, 4) is 0 Å². The number of nitrogens with zero attached hydrogens (tertiary/aromatic N) is 3. The summed E-state index contributed by atoms with van der Waals surface area (Å²) in [5, 5.41) is 4.03. The van der Waals surface area contributed by atoms with Crippen LogP contribution in [0, 0.1) is 0 Å². The van der Waals surface area contributed by atoms with Crippen molar-refractivity contribution in [1.29, 1.82) is 0 Å². The molecule has 8 heteroatoms. The number of fused-ring (bicyclic) bond motifs is 1. The van der Waals surface area contributed by atoms with E-state index in [1.54, 1.807) is 16.4 Å². The number of likely N-dealkylation sites (tertiary alicyclic amines) is 1. The van der Waals surface area contributed by atoms with Gasteiger partial charge in [-0.25, -0.2) is 8.42 Å². The van der Waals surface area contributed by atoms with E-state index in [1.165, 1.54) is 5.56 Å². The van der Waals surface area contributed by atoms with Crippen LogP contribution >= 0.6 is 0 Å². The molecule has 34 heavy (non-hydrogen) atoms. The minimum Gasteiger partial charge on any atom is -0.352 e. The van der Waals surface area contributed by atoms with Gasteiger partial charge in [0.2, 0.25) is 15.9 Å². The monoisotopic (exact) mass is 480 g/mol. The molecule has 0 atom stereocenters. The lowest BCUT2D eigenvalue weighted by atomic mass is 10.0. The second-order valence-electron chi connectivity index (χ2n) is 9.38. The third kappa shape index (κ3) is 5.04. The number of hydrogen-bond donors (Lipinski definition) is 1. The minimum atomic E-state index is -3.45. The number of sulfonamides is 1. The second kappa shape index (κ2) is 9.90. The van der Waals surface area contributed by atoms with Gasteiger partial charge in [-0.15, -0.1) is 0 Å². The first-order valence-corrected chi connectivity index (χ1v) is 13.6. The van der Waals surface area contributed by atoms with Crippen molar-refractivity contribution in [1.82, 2.24) is 19.1 Å². The smallest absolute Gasteiger partial charge is 0.243 e. The second-order valence-corrected chi connectivity index (χ2v) is 11.3. The van der Waals surface area contributed by atoms with Gasteiger partial charge in [0.05, 0.1) is 4.90 Å². The van der Waals surface area contributed by atoms with Crippen LogP contribution in [0.15, 0.2) is 65.7 Å². The molecule has 3 heterocycles. The Balaban J connectivity index is 1.17. The molecule has 0 spiro atoms. The molecule has 0 aliphatic carbocycles. The number of benzene rings is 2. The van der Waals surface area contributed by atoms with Crippen molar-refractivity contribution in [2.45, 2.75) is 49.7 Å². The van der Waals surface area contributed by atoms with E-state index in [1.807, 2.05) is 29.0 Å². The van der Waals surface area contributed by atoms with Crippen LogP contribution in [0.3, 0.4) is 0 Å². The van der Waals surface area contributed by atoms with E-state index in [-0.39, 0.29) is 18.5 Å². The van der Waals surface area contributed by atoms with Gasteiger partial charge in [0.25, 0.3) is 0 Å². The number of carbonyl (C=O) groups excluding carboxylic acids is 1. The largest absolute Gasteiger partial charge is 0.352 e. The number of amides is 1.